The normalized spacial score (nSPS) is 25.9. The molecule has 0 radical (unpaired) electrons. The minimum absolute atomic E-state index is 0.137. The molecule has 0 amide bonds. The molecular formula is C12H13F2NO2. The monoisotopic (exact) mass is 241 g/mol. The predicted octanol–water partition coefficient (Wildman–Crippen LogP) is 2.48. The van der Waals surface area contributed by atoms with Gasteiger partial charge in [-0.25, -0.2) is 0 Å². The summed E-state index contributed by atoms with van der Waals surface area (Å²) in [6.45, 7) is 1.78. The van der Waals surface area contributed by atoms with Crippen LogP contribution in [0.3, 0.4) is 0 Å². The maximum Gasteiger partial charge on any atom is 0.586 e. The van der Waals surface area contributed by atoms with Crippen molar-refractivity contribution < 1.29 is 18.3 Å². The summed E-state index contributed by atoms with van der Waals surface area (Å²) in [4.78, 5) is 0. The number of fused-ring (bicyclic) bond motifs is 1. The molecule has 3 rings (SSSR count). The zero-order chi connectivity index (χ0) is 11.9. The Morgan fingerprint density at radius 3 is 2.94 bits per heavy atom. The number of halogens is 2. The second-order valence-corrected chi connectivity index (χ2v) is 4.39. The predicted molar refractivity (Wildman–Crippen MR) is 57.5 cm³/mol. The average molecular weight is 241 g/mol. The Kier molecular flexibility index (Phi) is 2.43. The lowest BCUT2D eigenvalue weighted by Crippen LogP contribution is -2.29. The molecule has 0 aliphatic carbocycles. The molecule has 0 saturated carbocycles. The average Bonchev–Trinajstić information content (AvgIpc) is 2.63. The minimum Gasteiger partial charge on any atom is -0.395 e. The largest absolute Gasteiger partial charge is 0.586 e. The van der Waals surface area contributed by atoms with E-state index in [-0.39, 0.29) is 17.4 Å². The van der Waals surface area contributed by atoms with Crippen molar-refractivity contribution in [2.45, 2.75) is 25.1 Å². The first-order chi connectivity index (χ1) is 8.16. The van der Waals surface area contributed by atoms with E-state index in [1.54, 1.807) is 6.07 Å². The van der Waals surface area contributed by atoms with Crippen LogP contribution in [-0.4, -0.2) is 19.4 Å². The van der Waals surface area contributed by atoms with Crippen molar-refractivity contribution >= 4 is 0 Å². The van der Waals surface area contributed by atoms with Crippen LogP contribution >= 0.6 is 0 Å². The van der Waals surface area contributed by atoms with Crippen molar-refractivity contribution in [2.75, 3.05) is 13.1 Å². The Labute approximate surface area is 97.7 Å². The Balaban J connectivity index is 1.94. The van der Waals surface area contributed by atoms with Gasteiger partial charge in [0, 0.05) is 18.0 Å². The van der Waals surface area contributed by atoms with Gasteiger partial charge in [-0.05, 0) is 25.5 Å². The fraction of sp³-hybridized carbons (Fsp3) is 0.500. The molecule has 1 N–H and O–H groups in total. The van der Waals surface area contributed by atoms with Crippen LogP contribution in [0.4, 0.5) is 8.78 Å². The molecule has 2 heterocycles. The first-order valence-electron chi connectivity index (χ1n) is 5.75. The van der Waals surface area contributed by atoms with Crippen LogP contribution in [-0.2, 0) is 0 Å². The van der Waals surface area contributed by atoms with Crippen LogP contribution in [0.1, 0.15) is 24.3 Å². The molecule has 2 aliphatic heterocycles. The van der Waals surface area contributed by atoms with Gasteiger partial charge in [-0.3, -0.25) is 0 Å². The Morgan fingerprint density at radius 1 is 1.29 bits per heavy atom. The number of hydrogen-bond acceptors (Lipinski definition) is 3. The third-order valence-electron chi connectivity index (χ3n) is 3.20. The molecule has 1 fully saturated rings. The van der Waals surface area contributed by atoms with Crippen molar-refractivity contribution in [2.24, 2.45) is 0 Å². The summed E-state index contributed by atoms with van der Waals surface area (Å²) in [5.41, 5.74) is 0.812. The SMILES string of the molecule is FC1(F)Oc2cccc(C3CCCNC3)c2O1. The van der Waals surface area contributed by atoms with Gasteiger partial charge < -0.3 is 14.8 Å². The third-order valence-corrected chi connectivity index (χ3v) is 3.20. The van der Waals surface area contributed by atoms with Crippen molar-refractivity contribution in [1.82, 2.24) is 5.32 Å². The van der Waals surface area contributed by atoms with E-state index < -0.39 is 6.29 Å². The van der Waals surface area contributed by atoms with Crippen LogP contribution in [0, 0.1) is 0 Å². The summed E-state index contributed by atoms with van der Waals surface area (Å²) in [7, 11) is 0. The molecule has 2 aliphatic rings. The Hall–Kier alpha value is -1.36. The maximum atomic E-state index is 13.0. The third kappa shape index (κ3) is 1.95. The summed E-state index contributed by atoms with van der Waals surface area (Å²) in [5.74, 6) is 0.556. The van der Waals surface area contributed by atoms with E-state index in [1.165, 1.54) is 6.07 Å². The lowest BCUT2D eigenvalue weighted by molar-refractivity contribution is -0.287. The van der Waals surface area contributed by atoms with E-state index in [1.807, 2.05) is 6.07 Å². The smallest absolute Gasteiger partial charge is 0.395 e. The molecule has 92 valence electrons. The summed E-state index contributed by atoms with van der Waals surface area (Å²) in [6.07, 6.45) is -1.50. The topological polar surface area (TPSA) is 30.5 Å². The van der Waals surface area contributed by atoms with Gasteiger partial charge in [0.1, 0.15) is 0 Å². The Bertz CT molecular complexity index is 431. The van der Waals surface area contributed by atoms with E-state index >= 15 is 0 Å². The highest BCUT2D eigenvalue weighted by atomic mass is 19.3. The molecule has 3 nitrogen and oxygen atoms in total. The summed E-state index contributed by atoms with van der Waals surface area (Å²) in [5, 5.41) is 3.26. The fourth-order valence-corrected chi connectivity index (χ4v) is 2.43. The van der Waals surface area contributed by atoms with Crippen molar-refractivity contribution in [3.63, 3.8) is 0 Å². The van der Waals surface area contributed by atoms with E-state index in [4.69, 9.17) is 0 Å². The lowest BCUT2D eigenvalue weighted by atomic mass is 9.91. The molecule has 17 heavy (non-hydrogen) atoms. The highest BCUT2D eigenvalue weighted by Gasteiger charge is 2.45. The van der Waals surface area contributed by atoms with Crippen LogP contribution in [0.2, 0.25) is 0 Å². The zero-order valence-electron chi connectivity index (χ0n) is 9.21. The van der Waals surface area contributed by atoms with E-state index in [0.717, 1.165) is 31.5 Å². The molecule has 1 atom stereocenters. The highest BCUT2D eigenvalue weighted by molar-refractivity contribution is 5.50. The molecule has 5 heteroatoms. The number of piperidine rings is 1. The first-order valence-corrected chi connectivity index (χ1v) is 5.75. The number of nitrogens with one attached hydrogen (secondary N) is 1. The van der Waals surface area contributed by atoms with Gasteiger partial charge in [0.25, 0.3) is 0 Å². The van der Waals surface area contributed by atoms with Gasteiger partial charge >= 0.3 is 6.29 Å². The van der Waals surface area contributed by atoms with E-state index in [0.29, 0.717) is 0 Å². The lowest BCUT2D eigenvalue weighted by Gasteiger charge is -2.23. The molecule has 1 aromatic rings. The Morgan fingerprint density at radius 2 is 2.18 bits per heavy atom. The summed E-state index contributed by atoms with van der Waals surface area (Å²) in [6, 6.07) is 5.07. The van der Waals surface area contributed by atoms with Gasteiger partial charge in [-0.15, -0.1) is 8.78 Å². The number of hydrogen-bond donors (Lipinski definition) is 1. The number of rotatable bonds is 1. The van der Waals surface area contributed by atoms with Crippen molar-refractivity contribution in [3.8, 4) is 11.5 Å². The fourth-order valence-electron chi connectivity index (χ4n) is 2.43. The second-order valence-electron chi connectivity index (χ2n) is 4.39. The summed E-state index contributed by atoms with van der Waals surface area (Å²) >= 11 is 0. The molecule has 0 bridgehead atoms. The molecule has 1 aromatic carbocycles. The number of para-hydroxylation sites is 1. The van der Waals surface area contributed by atoms with Gasteiger partial charge in [0.15, 0.2) is 11.5 Å². The standard InChI is InChI=1S/C12H13F2NO2/c13-12(14)16-10-5-1-4-9(11(10)17-12)8-3-2-6-15-7-8/h1,4-5,8,15H,2-3,6-7H2. The van der Waals surface area contributed by atoms with Crippen molar-refractivity contribution in [1.29, 1.82) is 0 Å². The quantitative estimate of drug-likeness (QED) is 0.819. The van der Waals surface area contributed by atoms with Crippen LogP contribution in [0.25, 0.3) is 0 Å². The molecule has 0 aromatic heterocycles. The second kappa shape index (κ2) is 3.84. The molecular weight excluding hydrogens is 228 g/mol. The number of alkyl halides is 2. The van der Waals surface area contributed by atoms with Crippen LogP contribution < -0.4 is 14.8 Å². The van der Waals surface area contributed by atoms with Crippen LogP contribution in [0.5, 0.6) is 11.5 Å². The maximum absolute atomic E-state index is 13.0. The number of benzene rings is 1. The van der Waals surface area contributed by atoms with Crippen molar-refractivity contribution in [3.05, 3.63) is 23.8 Å². The van der Waals surface area contributed by atoms with Gasteiger partial charge in [0.2, 0.25) is 0 Å². The van der Waals surface area contributed by atoms with Gasteiger partial charge in [-0.1, -0.05) is 12.1 Å². The first kappa shape index (κ1) is 10.8. The van der Waals surface area contributed by atoms with Gasteiger partial charge in [0.05, 0.1) is 0 Å². The highest BCUT2D eigenvalue weighted by Crippen LogP contribution is 2.46. The molecule has 0 spiro atoms. The molecule has 1 unspecified atom stereocenters. The van der Waals surface area contributed by atoms with E-state index in [9.17, 15) is 8.78 Å². The van der Waals surface area contributed by atoms with E-state index in [2.05, 4.69) is 14.8 Å². The summed E-state index contributed by atoms with van der Waals surface area (Å²) < 4.78 is 35.1. The van der Waals surface area contributed by atoms with Gasteiger partial charge in [-0.2, -0.15) is 0 Å². The number of ether oxygens (including phenoxy) is 2. The minimum atomic E-state index is -3.53. The van der Waals surface area contributed by atoms with Crippen LogP contribution in [0.15, 0.2) is 18.2 Å². The zero-order valence-corrected chi connectivity index (χ0v) is 9.21. The molecule has 1 saturated heterocycles.